The fourth-order valence-corrected chi connectivity index (χ4v) is 3.81. The maximum atomic E-state index is 11.6. The summed E-state index contributed by atoms with van der Waals surface area (Å²) in [5, 5.41) is 2.32. The zero-order chi connectivity index (χ0) is 12.9. The van der Waals surface area contributed by atoms with Gasteiger partial charge in [-0.1, -0.05) is 13.3 Å². The summed E-state index contributed by atoms with van der Waals surface area (Å²) in [4.78, 5) is 11.6. The number of sulfone groups is 1. The minimum absolute atomic E-state index is 0.0931. The summed E-state index contributed by atoms with van der Waals surface area (Å²) in [6.45, 7) is 2.74. The molecule has 0 aromatic carbocycles. The van der Waals surface area contributed by atoms with Crippen LogP contribution in [0.2, 0.25) is 0 Å². The lowest BCUT2D eigenvalue weighted by molar-refractivity contribution is -0.121. The van der Waals surface area contributed by atoms with Crippen molar-refractivity contribution in [3.05, 3.63) is 0 Å². The topological polar surface area (TPSA) is 89.3 Å². The molecule has 2 atom stereocenters. The van der Waals surface area contributed by atoms with Gasteiger partial charge in [0.05, 0.1) is 11.0 Å². The van der Waals surface area contributed by atoms with Crippen molar-refractivity contribution in [2.45, 2.75) is 37.9 Å². The Balaban J connectivity index is 2.33. The average Bonchev–Trinajstić information content (AvgIpc) is 2.62. The SMILES string of the molecule is CCC(CN)CC(=O)NCC1CCCS1(=O)=O. The number of nitrogens with two attached hydrogens (primary N) is 1. The van der Waals surface area contributed by atoms with Crippen LogP contribution >= 0.6 is 0 Å². The highest BCUT2D eigenvalue weighted by Crippen LogP contribution is 2.19. The van der Waals surface area contributed by atoms with Crippen LogP contribution < -0.4 is 11.1 Å². The molecule has 0 spiro atoms. The molecule has 6 heteroatoms. The molecule has 1 heterocycles. The van der Waals surface area contributed by atoms with E-state index in [1.807, 2.05) is 6.92 Å². The minimum atomic E-state index is -2.96. The molecule has 0 aliphatic carbocycles. The Hall–Kier alpha value is -0.620. The van der Waals surface area contributed by atoms with Crippen LogP contribution in [0.4, 0.5) is 0 Å². The number of rotatable bonds is 6. The highest BCUT2D eigenvalue weighted by atomic mass is 32.2. The Bertz CT molecular complexity index is 350. The predicted molar refractivity (Wildman–Crippen MR) is 67.3 cm³/mol. The molecule has 3 N–H and O–H groups in total. The minimum Gasteiger partial charge on any atom is -0.355 e. The van der Waals surface area contributed by atoms with Crippen molar-refractivity contribution < 1.29 is 13.2 Å². The van der Waals surface area contributed by atoms with Gasteiger partial charge < -0.3 is 11.1 Å². The van der Waals surface area contributed by atoms with Crippen molar-refractivity contribution in [1.29, 1.82) is 0 Å². The Morgan fingerprint density at radius 3 is 2.71 bits per heavy atom. The van der Waals surface area contributed by atoms with E-state index in [-0.39, 0.29) is 29.4 Å². The molecule has 17 heavy (non-hydrogen) atoms. The summed E-state index contributed by atoms with van der Waals surface area (Å²) < 4.78 is 23.1. The smallest absolute Gasteiger partial charge is 0.220 e. The lowest BCUT2D eigenvalue weighted by Gasteiger charge is -2.14. The average molecular weight is 262 g/mol. The molecule has 1 saturated heterocycles. The van der Waals surface area contributed by atoms with Crippen molar-refractivity contribution in [1.82, 2.24) is 5.32 Å². The molecule has 0 bridgehead atoms. The van der Waals surface area contributed by atoms with Gasteiger partial charge in [-0.05, 0) is 25.3 Å². The molecule has 5 nitrogen and oxygen atoms in total. The van der Waals surface area contributed by atoms with Crippen molar-refractivity contribution >= 4 is 15.7 Å². The van der Waals surface area contributed by atoms with Crippen LogP contribution in [-0.4, -0.2) is 38.4 Å². The van der Waals surface area contributed by atoms with Crippen LogP contribution in [0.5, 0.6) is 0 Å². The zero-order valence-corrected chi connectivity index (χ0v) is 11.1. The number of amides is 1. The molecule has 1 aliphatic rings. The summed E-state index contributed by atoms with van der Waals surface area (Å²) in [6, 6.07) is 0. The largest absolute Gasteiger partial charge is 0.355 e. The van der Waals surface area contributed by atoms with Gasteiger partial charge in [0, 0.05) is 13.0 Å². The molecular formula is C11H22N2O3S. The lowest BCUT2D eigenvalue weighted by atomic mass is 10.0. The van der Waals surface area contributed by atoms with E-state index >= 15 is 0 Å². The van der Waals surface area contributed by atoms with Crippen LogP contribution in [0.3, 0.4) is 0 Å². The van der Waals surface area contributed by atoms with E-state index in [4.69, 9.17) is 5.73 Å². The van der Waals surface area contributed by atoms with Crippen LogP contribution in [0.15, 0.2) is 0 Å². The molecular weight excluding hydrogens is 240 g/mol. The summed E-state index contributed by atoms with van der Waals surface area (Å²) in [7, 11) is -2.96. The van der Waals surface area contributed by atoms with Gasteiger partial charge in [0.15, 0.2) is 9.84 Å². The fraction of sp³-hybridized carbons (Fsp3) is 0.909. The molecule has 0 radical (unpaired) electrons. The van der Waals surface area contributed by atoms with E-state index in [1.165, 1.54) is 0 Å². The summed E-state index contributed by atoms with van der Waals surface area (Å²) in [6.07, 6.45) is 2.63. The van der Waals surface area contributed by atoms with Crippen LogP contribution in [-0.2, 0) is 14.6 Å². The van der Waals surface area contributed by atoms with Crippen molar-refractivity contribution in [3.8, 4) is 0 Å². The highest BCUT2D eigenvalue weighted by Gasteiger charge is 2.31. The Morgan fingerprint density at radius 1 is 1.53 bits per heavy atom. The first-order valence-electron chi connectivity index (χ1n) is 6.18. The molecule has 1 amide bonds. The normalized spacial score (nSPS) is 24.5. The molecule has 0 aromatic heterocycles. The van der Waals surface area contributed by atoms with Gasteiger partial charge in [-0.15, -0.1) is 0 Å². The third-order valence-corrected chi connectivity index (χ3v) is 5.65. The van der Waals surface area contributed by atoms with Crippen molar-refractivity contribution in [2.75, 3.05) is 18.8 Å². The van der Waals surface area contributed by atoms with Gasteiger partial charge in [0.2, 0.25) is 5.91 Å². The van der Waals surface area contributed by atoms with E-state index in [0.29, 0.717) is 25.8 Å². The van der Waals surface area contributed by atoms with Crippen LogP contribution in [0.25, 0.3) is 0 Å². The van der Waals surface area contributed by atoms with E-state index in [9.17, 15) is 13.2 Å². The first-order valence-corrected chi connectivity index (χ1v) is 7.89. The van der Waals surface area contributed by atoms with Gasteiger partial charge in [-0.25, -0.2) is 8.42 Å². The number of carbonyl (C=O) groups excluding carboxylic acids is 1. The van der Waals surface area contributed by atoms with Gasteiger partial charge in [-0.3, -0.25) is 4.79 Å². The number of hydrogen-bond donors (Lipinski definition) is 2. The Kier molecular flexibility index (Phi) is 5.39. The van der Waals surface area contributed by atoms with E-state index < -0.39 is 9.84 Å². The quantitative estimate of drug-likeness (QED) is 0.708. The first kappa shape index (κ1) is 14.4. The summed E-state index contributed by atoms with van der Waals surface area (Å²) >= 11 is 0. The molecule has 0 saturated carbocycles. The second-order valence-corrected chi connectivity index (χ2v) is 7.05. The second kappa shape index (κ2) is 6.35. The third-order valence-electron chi connectivity index (χ3n) is 3.37. The van der Waals surface area contributed by atoms with Crippen molar-refractivity contribution in [3.63, 3.8) is 0 Å². The van der Waals surface area contributed by atoms with Gasteiger partial charge in [0.1, 0.15) is 0 Å². The Morgan fingerprint density at radius 2 is 2.24 bits per heavy atom. The second-order valence-electron chi connectivity index (χ2n) is 4.65. The van der Waals surface area contributed by atoms with E-state index in [2.05, 4.69) is 5.32 Å². The predicted octanol–water partition coefficient (Wildman–Crippen LogP) is 0.0548. The van der Waals surface area contributed by atoms with Crippen LogP contribution in [0.1, 0.15) is 32.6 Å². The third kappa shape index (κ3) is 4.27. The molecule has 100 valence electrons. The molecule has 2 unspecified atom stereocenters. The van der Waals surface area contributed by atoms with Gasteiger partial charge in [-0.2, -0.15) is 0 Å². The Labute approximate surface area is 103 Å². The standard InChI is InChI=1S/C11H22N2O3S/c1-2-9(7-12)6-11(14)13-8-10-4-3-5-17(10,15)16/h9-10H,2-8,12H2,1H3,(H,13,14). The lowest BCUT2D eigenvalue weighted by Crippen LogP contribution is -2.36. The highest BCUT2D eigenvalue weighted by molar-refractivity contribution is 7.92. The van der Waals surface area contributed by atoms with Crippen LogP contribution in [0, 0.1) is 5.92 Å². The van der Waals surface area contributed by atoms with Crippen molar-refractivity contribution in [2.24, 2.45) is 11.7 Å². The fourth-order valence-electron chi connectivity index (χ4n) is 2.04. The summed E-state index contributed by atoms with van der Waals surface area (Å²) in [5.41, 5.74) is 5.52. The number of hydrogen-bond acceptors (Lipinski definition) is 4. The monoisotopic (exact) mass is 262 g/mol. The van der Waals surface area contributed by atoms with E-state index in [1.54, 1.807) is 0 Å². The number of carbonyl (C=O) groups is 1. The molecule has 1 fully saturated rings. The molecule has 1 rings (SSSR count). The maximum absolute atomic E-state index is 11.6. The van der Waals surface area contributed by atoms with E-state index in [0.717, 1.165) is 6.42 Å². The first-order chi connectivity index (χ1) is 7.99. The van der Waals surface area contributed by atoms with Gasteiger partial charge in [0.25, 0.3) is 0 Å². The number of nitrogens with one attached hydrogen (secondary N) is 1. The molecule has 1 aliphatic heterocycles. The van der Waals surface area contributed by atoms with Gasteiger partial charge >= 0.3 is 0 Å². The maximum Gasteiger partial charge on any atom is 0.220 e. The zero-order valence-electron chi connectivity index (χ0n) is 10.3. The summed E-state index contributed by atoms with van der Waals surface area (Å²) in [5.74, 6) is 0.355. The molecule has 0 aromatic rings.